The van der Waals surface area contributed by atoms with Crippen molar-refractivity contribution in [1.82, 2.24) is 20.0 Å². The number of hydrogen-bond donors (Lipinski definition) is 3. The van der Waals surface area contributed by atoms with Gasteiger partial charge in [-0.15, -0.1) is 0 Å². The lowest BCUT2D eigenvalue weighted by Crippen LogP contribution is -2.38. The molecule has 1 atom stereocenters. The topological polar surface area (TPSA) is 86.9 Å². The molecule has 7 heteroatoms. The number of sulfonamides is 1. The third kappa shape index (κ3) is 3.92. The van der Waals surface area contributed by atoms with Crippen molar-refractivity contribution < 1.29 is 8.42 Å². The Balaban J connectivity index is 2.36. The van der Waals surface area contributed by atoms with Crippen LogP contribution in [0.25, 0.3) is 0 Å². The van der Waals surface area contributed by atoms with Gasteiger partial charge in [-0.3, -0.25) is 0 Å². The van der Waals surface area contributed by atoms with Gasteiger partial charge in [0.25, 0.3) is 0 Å². The molecule has 0 aromatic carbocycles. The molecule has 0 saturated heterocycles. The standard InChI is InChI=1S/C9H18N4O2S/c1-8(7-10-2)16(14,15)13-4-3-9-11-5-6-12-9/h5-6,8,10,13H,3-4,7H2,1-2H3,(H,11,12). The number of imidazole rings is 1. The van der Waals surface area contributed by atoms with Gasteiger partial charge in [0.15, 0.2) is 0 Å². The number of aromatic amines is 1. The summed E-state index contributed by atoms with van der Waals surface area (Å²) in [5.41, 5.74) is 0. The molecule has 3 N–H and O–H groups in total. The van der Waals surface area contributed by atoms with E-state index in [9.17, 15) is 8.42 Å². The summed E-state index contributed by atoms with van der Waals surface area (Å²) < 4.78 is 25.9. The summed E-state index contributed by atoms with van der Waals surface area (Å²) in [7, 11) is -1.50. The molecule has 92 valence electrons. The summed E-state index contributed by atoms with van der Waals surface area (Å²) in [5.74, 6) is 0.781. The average molecular weight is 246 g/mol. The molecule has 0 aliphatic carbocycles. The summed E-state index contributed by atoms with van der Waals surface area (Å²) in [6, 6.07) is 0. The highest BCUT2D eigenvalue weighted by Gasteiger charge is 2.18. The zero-order chi connectivity index (χ0) is 12.0. The minimum Gasteiger partial charge on any atom is -0.349 e. The highest BCUT2D eigenvalue weighted by Crippen LogP contribution is 1.97. The van der Waals surface area contributed by atoms with Crippen LogP contribution in [0.5, 0.6) is 0 Å². The van der Waals surface area contributed by atoms with Gasteiger partial charge in [-0.2, -0.15) is 0 Å². The number of rotatable bonds is 7. The molecule has 1 rings (SSSR count). The molecule has 0 spiro atoms. The SMILES string of the molecule is CNCC(C)S(=O)(=O)NCCc1ncc[nH]1. The monoisotopic (exact) mass is 246 g/mol. The van der Waals surface area contributed by atoms with E-state index in [4.69, 9.17) is 0 Å². The van der Waals surface area contributed by atoms with Crippen molar-refractivity contribution in [2.24, 2.45) is 0 Å². The normalized spacial score (nSPS) is 13.9. The first-order valence-corrected chi connectivity index (χ1v) is 6.72. The van der Waals surface area contributed by atoms with Crippen LogP contribution in [0.1, 0.15) is 12.7 Å². The molecule has 1 aromatic rings. The van der Waals surface area contributed by atoms with Crippen LogP contribution in [0.2, 0.25) is 0 Å². The van der Waals surface area contributed by atoms with Crippen LogP contribution in [0, 0.1) is 0 Å². The molecule has 0 aliphatic rings. The van der Waals surface area contributed by atoms with E-state index >= 15 is 0 Å². The largest absolute Gasteiger partial charge is 0.349 e. The predicted molar refractivity (Wildman–Crippen MR) is 62.6 cm³/mol. The summed E-state index contributed by atoms with van der Waals surface area (Å²) in [4.78, 5) is 6.93. The molecule has 0 saturated carbocycles. The summed E-state index contributed by atoms with van der Waals surface area (Å²) in [6.07, 6.45) is 3.93. The van der Waals surface area contributed by atoms with E-state index in [0.29, 0.717) is 19.5 Å². The Kier molecular flexibility index (Phi) is 4.91. The minimum atomic E-state index is -3.23. The Labute approximate surface area is 95.9 Å². The molecule has 0 amide bonds. The third-order valence-electron chi connectivity index (χ3n) is 2.24. The molecule has 0 radical (unpaired) electrons. The van der Waals surface area contributed by atoms with E-state index in [1.54, 1.807) is 26.4 Å². The van der Waals surface area contributed by atoms with Gasteiger partial charge < -0.3 is 10.3 Å². The molecule has 1 aromatic heterocycles. The Morgan fingerprint density at radius 2 is 2.31 bits per heavy atom. The second kappa shape index (κ2) is 5.97. The molecule has 16 heavy (non-hydrogen) atoms. The van der Waals surface area contributed by atoms with Gasteiger partial charge in [0.05, 0.1) is 5.25 Å². The van der Waals surface area contributed by atoms with E-state index in [0.717, 1.165) is 5.82 Å². The molecule has 6 nitrogen and oxygen atoms in total. The lowest BCUT2D eigenvalue weighted by Gasteiger charge is -2.12. The van der Waals surface area contributed by atoms with Crippen molar-refractivity contribution >= 4 is 10.0 Å². The van der Waals surface area contributed by atoms with Crippen LogP contribution >= 0.6 is 0 Å². The summed E-state index contributed by atoms with van der Waals surface area (Å²) in [6.45, 7) is 2.48. The van der Waals surface area contributed by atoms with Gasteiger partial charge in [0, 0.05) is 31.9 Å². The lowest BCUT2D eigenvalue weighted by molar-refractivity contribution is 0.563. The lowest BCUT2D eigenvalue weighted by atomic mass is 10.4. The van der Waals surface area contributed by atoms with Crippen LogP contribution in [0.4, 0.5) is 0 Å². The first-order chi connectivity index (χ1) is 7.56. The fraction of sp³-hybridized carbons (Fsp3) is 0.667. The van der Waals surface area contributed by atoms with Crippen LogP contribution < -0.4 is 10.0 Å². The fourth-order valence-electron chi connectivity index (χ4n) is 1.29. The molecule has 1 heterocycles. The smallest absolute Gasteiger partial charge is 0.215 e. The number of aromatic nitrogens is 2. The van der Waals surface area contributed by atoms with Crippen molar-refractivity contribution in [3.8, 4) is 0 Å². The van der Waals surface area contributed by atoms with Crippen molar-refractivity contribution in [2.45, 2.75) is 18.6 Å². The first kappa shape index (κ1) is 13.1. The van der Waals surface area contributed by atoms with Crippen LogP contribution in [0.15, 0.2) is 12.4 Å². The number of H-pyrrole nitrogens is 1. The Hall–Kier alpha value is -0.920. The maximum absolute atomic E-state index is 11.7. The van der Waals surface area contributed by atoms with Gasteiger partial charge >= 0.3 is 0 Å². The van der Waals surface area contributed by atoms with Crippen LogP contribution in [-0.4, -0.2) is 43.8 Å². The minimum absolute atomic E-state index is 0.365. The van der Waals surface area contributed by atoms with Crippen LogP contribution in [0.3, 0.4) is 0 Å². The van der Waals surface area contributed by atoms with Gasteiger partial charge in [0.2, 0.25) is 10.0 Å². The maximum atomic E-state index is 11.7. The van der Waals surface area contributed by atoms with Gasteiger partial charge in [-0.1, -0.05) is 0 Å². The number of nitrogens with one attached hydrogen (secondary N) is 3. The maximum Gasteiger partial charge on any atom is 0.215 e. The first-order valence-electron chi connectivity index (χ1n) is 5.17. The molecular formula is C9H18N4O2S. The van der Waals surface area contributed by atoms with E-state index in [1.807, 2.05) is 0 Å². The Morgan fingerprint density at radius 1 is 1.56 bits per heavy atom. The van der Waals surface area contributed by atoms with E-state index in [1.165, 1.54) is 0 Å². The quantitative estimate of drug-likeness (QED) is 0.604. The summed E-state index contributed by atoms with van der Waals surface area (Å²) >= 11 is 0. The summed E-state index contributed by atoms with van der Waals surface area (Å²) in [5, 5.41) is 2.40. The predicted octanol–water partition coefficient (Wildman–Crippen LogP) is -0.520. The Bertz CT molecular complexity index is 388. The third-order valence-corrected chi connectivity index (χ3v) is 4.07. The fourth-order valence-corrected chi connectivity index (χ4v) is 2.34. The molecular weight excluding hydrogens is 228 g/mol. The number of nitrogens with zero attached hydrogens (tertiary/aromatic N) is 1. The van der Waals surface area contributed by atoms with Gasteiger partial charge in [0.1, 0.15) is 5.82 Å². The van der Waals surface area contributed by atoms with Crippen molar-refractivity contribution in [2.75, 3.05) is 20.1 Å². The van der Waals surface area contributed by atoms with Crippen LogP contribution in [-0.2, 0) is 16.4 Å². The second-order valence-corrected chi connectivity index (χ2v) is 5.78. The van der Waals surface area contributed by atoms with E-state index in [2.05, 4.69) is 20.0 Å². The van der Waals surface area contributed by atoms with E-state index in [-0.39, 0.29) is 0 Å². The zero-order valence-corrected chi connectivity index (χ0v) is 10.3. The molecule has 0 aliphatic heterocycles. The molecule has 0 bridgehead atoms. The Morgan fingerprint density at radius 3 is 2.88 bits per heavy atom. The van der Waals surface area contributed by atoms with Gasteiger partial charge in [-0.25, -0.2) is 18.1 Å². The average Bonchev–Trinajstić information content (AvgIpc) is 2.70. The van der Waals surface area contributed by atoms with Crippen molar-refractivity contribution in [3.63, 3.8) is 0 Å². The molecule has 0 fully saturated rings. The van der Waals surface area contributed by atoms with Gasteiger partial charge in [-0.05, 0) is 14.0 Å². The zero-order valence-electron chi connectivity index (χ0n) is 9.53. The highest BCUT2D eigenvalue weighted by molar-refractivity contribution is 7.90. The second-order valence-electron chi connectivity index (χ2n) is 3.59. The number of hydrogen-bond acceptors (Lipinski definition) is 4. The highest BCUT2D eigenvalue weighted by atomic mass is 32.2. The van der Waals surface area contributed by atoms with Crippen molar-refractivity contribution in [3.05, 3.63) is 18.2 Å². The van der Waals surface area contributed by atoms with Crippen molar-refractivity contribution in [1.29, 1.82) is 0 Å². The van der Waals surface area contributed by atoms with E-state index < -0.39 is 15.3 Å². The molecule has 1 unspecified atom stereocenters.